The van der Waals surface area contributed by atoms with E-state index in [0.717, 1.165) is 16.8 Å². The van der Waals surface area contributed by atoms with E-state index in [4.69, 9.17) is 29.1 Å². The largest absolute Gasteiger partial charge is 0.361 e. The molecule has 2 N–H and O–H groups in total. The van der Waals surface area contributed by atoms with E-state index in [1.54, 1.807) is 0 Å². The Morgan fingerprint density at radius 2 is 2.18 bits per heavy atom. The lowest BCUT2D eigenvalue weighted by atomic mass is 10.1. The van der Waals surface area contributed by atoms with E-state index in [0.29, 0.717) is 23.1 Å². The van der Waals surface area contributed by atoms with Crippen molar-refractivity contribution in [2.24, 2.45) is 0 Å². The number of nitrogens with one attached hydrogen (secondary N) is 2. The number of hydrogen-bond donors (Lipinski definition) is 2. The van der Waals surface area contributed by atoms with Gasteiger partial charge >= 0.3 is 0 Å². The molecule has 0 spiro atoms. The first kappa shape index (κ1) is 13.8. The molecule has 0 saturated carbocycles. The topological polar surface area (TPSA) is 47.8 Å². The van der Waals surface area contributed by atoms with E-state index in [1.807, 2.05) is 32.0 Å². The highest BCUT2D eigenvalue weighted by Gasteiger charge is 2.06. The van der Waals surface area contributed by atoms with Gasteiger partial charge in [0.1, 0.15) is 0 Å². The number of anilines is 1. The second-order valence-corrected chi connectivity index (χ2v) is 4.54. The molecule has 17 heavy (non-hydrogen) atoms. The fraction of sp³-hybridized carbons (Fsp3) is 0.333. The van der Waals surface area contributed by atoms with Gasteiger partial charge in [-0.25, -0.2) is 0 Å². The predicted molar refractivity (Wildman–Crippen MR) is 75.4 cm³/mol. The number of nitriles is 1. The third-order valence-electron chi connectivity index (χ3n) is 2.19. The highest BCUT2D eigenvalue weighted by Crippen LogP contribution is 2.27. The smallest absolute Gasteiger partial charge is 0.170 e. The Labute approximate surface area is 112 Å². The number of aryl methyl sites for hydroxylation is 2. The third kappa shape index (κ3) is 4.22. The van der Waals surface area contributed by atoms with Crippen molar-refractivity contribution in [1.29, 1.82) is 5.26 Å². The SMILES string of the molecule is Cc1cc(C)c(NC(=S)NCCC#N)c(Cl)c1. The molecule has 0 unspecified atom stereocenters. The summed E-state index contributed by atoms with van der Waals surface area (Å²) in [5.41, 5.74) is 2.97. The zero-order valence-corrected chi connectivity index (χ0v) is 11.4. The summed E-state index contributed by atoms with van der Waals surface area (Å²) in [7, 11) is 0. The van der Waals surface area contributed by atoms with Crippen LogP contribution < -0.4 is 10.6 Å². The number of thiocarbonyl (C=S) groups is 1. The van der Waals surface area contributed by atoms with Crippen LogP contribution in [-0.2, 0) is 0 Å². The summed E-state index contributed by atoms with van der Waals surface area (Å²) >= 11 is 11.2. The molecule has 0 atom stereocenters. The van der Waals surface area contributed by atoms with Gasteiger partial charge in [0, 0.05) is 6.54 Å². The van der Waals surface area contributed by atoms with Gasteiger partial charge in [-0.15, -0.1) is 0 Å². The molecule has 0 aromatic heterocycles. The lowest BCUT2D eigenvalue weighted by molar-refractivity contribution is 0.905. The van der Waals surface area contributed by atoms with Crippen LogP contribution in [0.25, 0.3) is 0 Å². The van der Waals surface area contributed by atoms with Crippen LogP contribution in [0.1, 0.15) is 17.5 Å². The molecular formula is C12H14ClN3S. The van der Waals surface area contributed by atoms with Crippen molar-refractivity contribution in [2.75, 3.05) is 11.9 Å². The average Bonchev–Trinajstić information content (AvgIpc) is 2.24. The van der Waals surface area contributed by atoms with Crippen LogP contribution in [0.4, 0.5) is 5.69 Å². The Bertz CT molecular complexity index is 442. The summed E-state index contributed by atoms with van der Waals surface area (Å²) in [5.74, 6) is 0. The standard InChI is InChI=1S/C12H14ClN3S/c1-8-6-9(2)11(10(13)7-8)16-12(17)15-5-3-4-14/h6-7H,3,5H2,1-2H3,(H2,15,16,17). The fourth-order valence-corrected chi connectivity index (χ4v) is 2.04. The molecule has 0 amide bonds. The van der Waals surface area contributed by atoms with Crippen molar-refractivity contribution in [3.05, 3.63) is 28.3 Å². The first-order valence-corrected chi connectivity index (χ1v) is 6.01. The maximum absolute atomic E-state index is 8.41. The predicted octanol–water partition coefficient (Wildman–Crippen LogP) is 3.16. The lowest BCUT2D eigenvalue weighted by Gasteiger charge is -2.14. The summed E-state index contributed by atoms with van der Waals surface area (Å²) in [5, 5.41) is 15.5. The normalized spacial score (nSPS) is 9.53. The summed E-state index contributed by atoms with van der Waals surface area (Å²) in [6.07, 6.45) is 0.419. The van der Waals surface area contributed by atoms with Crippen molar-refractivity contribution >= 4 is 34.6 Å². The van der Waals surface area contributed by atoms with Gasteiger partial charge in [-0.3, -0.25) is 0 Å². The summed E-state index contributed by atoms with van der Waals surface area (Å²) in [4.78, 5) is 0. The van der Waals surface area contributed by atoms with E-state index in [-0.39, 0.29) is 0 Å². The van der Waals surface area contributed by atoms with Crippen LogP contribution >= 0.6 is 23.8 Å². The molecule has 0 aliphatic heterocycles. The van der Waals surface area contributed by atoms with Crippen LogP contribution in [0, 0.1) is 25.2 Å². The zero-order chi connectivity index (χ0) is 12.8. The van der Waals surface area contributed by atoms with Crippen molar-refractivity contribution in [2.45, 2.75) is 20.3 Å². The number of hydrogen-bond acceptors (Lipinski definition) is 2. The van der Waals surface area contributed by atoms with Crippen molar-refractivity contribution in [1.82, 2.24) is 5.32 Å². The minimum absolute atomic E-state index is 0.419. The van der Waals surface area contributed by atoms with Gasteiger partial charge in [-0.05, 0) is 43.3 Å². The zero-order valence-electron chi connectivity index (χ0n) is 9.80. The molecule has 0 bridgehead atoms. The van der Waals surface area contributed by atoms with Crippen LogP contribution in [-0.4, -0.2) is 11.7 Å². The summed E-state index contributed by atoms with van der Waals surface area (Å²) in [6, 6.07) is 5.96. The highest BCUT2D eigenvalue weighted by molar-refractivity contribution is 7.80. The van der Waals surface area contributed by atoms with Gasteiger partial charge in [-0.1, -0.05) is 17.7 Å². The minimum atomic E-state index is 0.419. The van der Waals surface area contributed by atoms with Gasteiger partial charge in [0.05, 0.1) is 23.2 Å². The molecule has 3 nitrogen and oxygen atoms in total. The first-order valence-electron chi connectivity index (χ1n) is 5.23. The maximum atomic E-state index is 8.41. The summed E-state index contributed by atoms with van der Waals surface area (Å²) in [6.45, 7) is 4.50. The van der Waals surface area contributed by atoms with Crippen molar-refractivity contribution < 1.29 is 0 Å². The average molecular weight is 268 g/mol. The highest BCUT2D eigenvalue weighted by atomic mass is 35.5. The first-order chi connectivity index (χ1) is 8.04. The molecule has 1 rings (SSSR count). The Morgan fingerprint density at radius 3 is 2.76 bits per heavy atom. The van der Waals surface area contributed by atoms with Gasteiger partial charge < -0.3 is 10.6 Å². The molecule has 1 aromatic rings. The van der Waals surface area contributed by atoms with Gasteiger partial charge in [0.2, 0.25) is 0 Å². The van der Waals surface area contributed by atoms with Gasteiger partial charge in [0.15, 0.2) is 5.11 Å². The number of nitrogens with zero attached hydrogens (tertiary/aromatic N) is 1. The molecule has 0 saturated heterocycles. The van der Waals surface area contributed by atoms with E-state index < -0.39 is 0 Å². The molecule has 5 heteroatoms. The fourth-order valence-electron chi connectivity index (χ4n) is 1.46. The molecule has 0 aliphatic rings. The molecule has 0 radical (unpaired) electrons. The van der Waals surface area contributed by atoms with E-state index in [9.17, 15) is 0 Å². The number of benzene rings is 1. The van der Waals surface area contributed by atoms with Crippen molar-refractivity contribution in [3.8, 4) is 6.07 Å². The van der Waals surface area contributed by atoms with E-state index in [1.165, 1.54) is 0 Å². The van der Waals surface area contributed by atoms with Crippen LogP contribution in [0.3, 0.4) is 0 Å². The van der Waals surface area contributed by atoms with Crippen LogP contribution in [0.5, 0.6) is 0 Å². The number of halogens is 1. The Balaban J connectivity index is 2.69. The quantitative estimate of drug-likeness (QED) is 0.652. The lowest BCUT2D eigenvalue weighted by Crippen LogP contribution is -2.29. The third-order valence-corrected chi connectivity index (χ3v) is 2.74. The second-order valence-electron chi connectivity index (χ2n) is 3.73. The van der Waals surface area contributed by atoms with Crippen molar-refractivity contribution in [3.63, 3.8) is 0 Å². The molecule has 1 aromatic carbocycles. The minimum Gasteiger partial charge on any atom is -0.361 e. The maximum Gasteiger partial charge on any atom is 0.170 e. The van der Waals surface area contributed by atoms with E-state index >= 15 is 0 Å². The van der Waals surface area contributed by atoms with Gasteiger partial charge in [0.25, 0.3) is 0 Å². The molecule has 0 heterocycles. The number of rotatable bonds is 3. The Hall–Kier alpha value is -1.31. The van der Waals surface area contributed by atoms with Crippen LogP contribution in [0.2, 0.25) is 5.02 Å². The monoisotopic (exact) mass is 267 g/mol. The second kappa shape index (κ2) is 6.43. The Morgan fingerprint density at radius 1 is 1.47 bits per heavy atom. The Kier molecular flexibility index (Phi) is 5.20. The molecule has 0 aliphatic carbocycles. The van der Waals surface area contributed by atoms with E-state index in [2.05, 4.69) is 10.6 Å². The summed E-state index contributed by atoms with van der Waals surface area (Å²) < 4.78 is 0. The molecule has 90 valence electrons. The molecular weight excluding hydrogens is 254 g/mol. The molecule has 0 fully saturated rings. The van der Waals surface area contributed by atoms with Gasteiger partial charge in [-0.2, -0.15) is 5.26 Å². The van der Waals surface area contributed by atoms with Crippen LogP contribution in [0.15, 0.2) is 12.1 Å².